The Balaban J connectivity index is 3.31. The van der Waals surface area contributed by atoms with E-state index in [4.69, 9.17) is 28.3 Å². The first-order valence-electron chi connectivity index (χ1n) is 3.16. The Morgan fingerprint density at radius 1 is 1.43 bits per heavy atom. The number of aliphatic carboxylic acids is 1. The van der Waals surface area contributed by atoms with E-state index in [-0.39, 0.29) is 5.15 Å². The molecule has 0 unspecified atom stereocenters. The third kappa shape index (κ3) is 1.91. The van der Waals surface area contributed by atoms with Gasteiger partial charge in [-0.1, -0.05) is 23.2 Å². The minimum absolute atomic E-state index is 0.356. The second kappa shape index (κ2) is 3.62. The van der Waals surface area contributed by atoms with Crippen LogP contribution in [0.5, 0.6) is 0 Å². The molecule has 0 aliphatic carbocycles. The molecule has 0 aliphatic rings. The minimum atomic E-state index is -4.13. The van der Waals surface area contributed by atoms with Gasteiger partial charge in [-0.05, 0) is 6.07 Å². The Hall–Kier alpha value is -1.01. The predicted octanol–water partition coefficient (Wildman–Crippen LogP) is 1.96. The van der Waals surface area contributed by atoms with E-state index in [0.29, 0.717) is 6.07 Å². The average Bonchev–Trinajstić information content (AvgIpc) is 2.08. The SMILES string of the molecule is O=C(O)C(F)(F)c1cc(Cl)nnc1Cl. The summed E-state index contributed by atoms with van der Waals surface area (Å²) < 4.78 is 25.8. The molecule has 1 aromatic heterocycles. The molecule has 0 radical (unpaired) electrons. The minimum Gasteiger partial charge on any atom is -0.477 e. The largest absolute Gasteiger partial charge is 0.477 e. The summed E-state index contributed by atoms with van der Waals surface area (Å²) in [6, 6.07) is 0.658. The van der Waals surface area contributed by atoms with E-state index in [0.717, 1.165) is 0 Å². The number of alkyl halides is 2. The fraction of sp³-hybridized carbons (Fsp3) is 0.167. The molecule has 1 aromatic rings. The molecule has 1 heterocycles. The van der Waals surface area contributed by atoms with Crippen LogP contribution in [0.1, 0.15) is 5.56 Å². The molecule has 4 nitrogen and oxygen atoms in total. The molecule has 0 aliphatic heterocycles. The number of aromatic nitrogens is 2. The summed E-state index contributed by atoms with van der Waals surface area (Å²) >= 11 is 10.5. The molecule has 1 N–H and O–H groups in total. The van der Waals surface area contributed by atoms with Crippen LogP contribution in [0.2, 0.25) is 10.3 Å². The highest BCUT2D eigenvalue weighted by molar-refractivity contribution is 6.32. The van der Waals surface area contributed by atoms with E-state index in [1.54, 1.807) is 0 Å². The maximum atomic E-state index is 12.9. The first-order chi connectivity index (χ1) is 6.35. The van der Waals surface area contributed by atoms with Gasteiger partial charge in [0.2, 0.25) is 0 Å². The molecule has 0 amide bonds. The summed E-state index contributed by atoms with van der Waals surface area (Å²) in [6.45, 7) is 0. The first-order valence-corrected chi connectivity index (χ1v) is 3.91. The topological polar surface area (TPSA) is 63.1 Å². The zero-order valence-electron chi connectivity index (χ0n) is 6.34. The molecular formula is C6H2Cl2F2N2O2. The number of hydrogen-bond donors (Lipinski definition) is 1. The third-order valence-electron chi connectivity index (χ3n) is 1.33. The third-order valence-corrected chi connectivity index (χ3v) is 1.79. The van der Waals surface area contributed by atoms with E-state index in [1.807, 2.05) is 0 Å². The maximum absolute atomic E-state index is 12.9. The fourth-order valence-electron chi connectivity index (χ4n) is 0.688. The molecule has 8 heteroatoms. The summed E-state index contributed by atoms with van der Waals surface area (Å²) in [5.41, 5.74) is -0.980. The van der Waals surface area contributed by atoms with Crippen LogP contribution in [-0.4, -0.2) is 21.3 Å². The lowest BCUT2D eigenvalue weighted by atomic mass is 10.2. The van der Waals surface area contributed by atoms with Crippen molar-refractivity contribution in [3.63, 3.8) is 0 Å². The second-order valence-corrected chi connectivity index (χ2v) is 3.00. The highest BCUT2D eigenvalue weighted by atomic mass is 35.5. The van der Waals surface area contributed by atoms with Crippen molar-refractivity contribution in [1.29, 1.82) is 0 Å². The quantitative estimate of drug-likeness (QED) is 0.862. The van der Waals surface area contributed by atoms with E-state index >= 15 is 0 Å². The van der Waals surface area contributed by atoms with Gasteiger partial charge in [-0.25, -0.2) is 4.79 Å². The Bertz CT molecular complexity index is 386. The van der Waals surface area contributed by atoms with Gasteiger partial charge in [-0.2, -0.15) is 8.78 Å². The number of carbonyl (C=O) groups is 1. The van der Waals surface area contributed by atoms with Crippen LogP contribution in [0.25, 0.3) is 0 Å². The van der Waals surface area contributed by atoms with Crippen LogP contribution in [0.15, 0.2) is 6.07 Å². The Morgan fingerprint density at radius 2 is 2.00 bits per heavy atom. The van der Waals surface area contributed by atoms with Gasteiger partial charge >= 0.3 is 11.9 Å². The molecule has 14 heavy (non-hydrogen) atoms. The maximum Gasteiger partial charge on any atom is 0.379 e. The molecule has 76 valence electrons. The highest BCUT2D eigenvalue weighted by Crippen LogP contribution is 2.33. The normalized spacial score (nSPS) is 11.4. The summed E-state index contributed by atoms with van der Waals surface area (Å²) in [5, 5.41) is 13.4. The number of halogens is 4. The number of rotatable bonds is 2. The lowest BCUT2D eigenvalue weighted by molar-refractivity contribution is -0.166. The molecule has 0 aromatic carbocycles. The second-order valence-electron chi connectivity index (χ2n) is 2.25. The van der Waals surface area contributed by atoms with Crippen molar-refractivity contribution in [3.8, 4) is 0 Å². The molecule has 0 atom stereocenters. The van der Waals surface area contributed by atoms with Crippen LogP contribution in [0.4, 0.5) is 8.78 Å². The standard InChI is InChI=1S/C6H2Cl2F2N2O2/c7-3-1-2(4(8)12-11-3)6(9,10)5(13)14/h1H,(H,13,14). The van der Waals surface area contributed by atoms with Crippen LogP contribution < -0.4 is 0 Å². The predicted molar refractivity (Wildman–Crippen MR) is 43.6 cm³/mol. The molecule has 1 rings (SSSR count). The molecule has 0 saturated carbocycles. The van der Waals surface area contributed by atoms with E-state index in [9.17, 15) is 13.6 Å². The van der Waals surface area contributed by atoms with E-state index in [1.165, 1.54) is 0 Å². The zero-order chi connectivity index (χ0) is 10.9. The van der Waals surface area contributed by atoms with Crippen molar-refractivity contribution in [2.75, 3.05) is 0 Å². The number of nitrogens with zero attached hydrogens (tertiary/aromatic N) is 2. The van der Waals surface area contributed by atoms with E-state index in [2.05, 4.69) is 10.2 Å². The van der Waals surface area contributed by atoms with Gasteiger partial charge < -0.3 is 5.11 Å². The Labute approximate surface area is 86.5 Å². The van der Waals surface area contributed by atoms with E-state index < -0.39 is 22.6 Å². The summed E-state index contributed by atoms with van der Waals surface area (Å²) in [5.74, 6) is -6.46. The average molecular weight is 243 g/mol. The molecule has 0 saturated heterocycles. The Morgan fingerprint density at radius 3 is 2.50 bits per heavy atom. The van der Waals surface area contributed by atoms with Gasteiger partial charge in [0, 0.05) is 0 Å². The van der Waals surface area contributed by atoms with Crippen LogP contribution >= 0.6 is 23.2 Å². The van der Waals surface area contributed by atoms with Crippen LogP contribution in [0.3, 0.4) is 0 Å². The van der Waals surface area contributed by atoms with Crippen LogP contribution in [0, 0.1) is 0 Å². The van der Waals surface area contributed by atoms with Gasteiger partial charge in [0.15, 0.2) is 10.3 Å². The summed E-state index contributed by atoms with van der Waals surface area (Å²) in [4.78, 5) is 10.2. The number of carboxylic acid groups (broad SMARTS) is 1. The highest BCUT2D eigenvalue weighted by Gasteiger charge is 2.43. The molecular weight excluding hydrogens is 241 g/mol. The van der Waals surface area contributed by atoms with Crippen molar-refractivity contribution in [2.24, 2.45) is 0 Å². The first kappa shape index (κ1) is 11.1. The van der Waals surface area contributed by atoms with Gasteiger partial charge in [0.05, 0.1) is 5.56 Å². The zero-order valence-corrected chi connectivity index (χ0v) is 7.85. The van der Waals surface area contributed by atoms with Gasteiger partial charge in [0.25, 0.3) is 0 Å². The van der Waals surface area contributed by atoms with Crippen molar-refractivity contribution < 1.29 is 18.7 Å². The monoisotopic (exact) mass is 242 g/mol. The summed E-state index contributed by atoms with van der Waals surface area (Å²) in [7, 11) is 0. The van der Waals surface area contributed by atoms with Gasteiger partial charge in [0.1, 0.15) is 0 Å². The fourth-order valence-corrected chi connectivity index (χ4v) is 1.05. The van der Waals surface area contributed by atoms with Gasteiger partial charge in [-0.15, -0.1) is 10.2 Å². The molecule has 0 bridgehead atoms. The molecule has 0 fully saturated rings. The lowest BCUT2D eigenvalue weighted by Gasteiger charge is -2.11. The van der Waals surface area contributed by atoms with Crippen molar-refractivity contribution in [3.05, 3.63) is 21.9 Å². The van der Waals surface area contributed by atoms with Crippen molar-refractivity contribution >= 4 is 29.2 Å². The Kier molecular flexibility index (Phi) is 2.86. The summed E-state index contributed by atoms with van der Waals surface area (Å²) in [6.07, 6.45) is 0. The van der Waals surface area contributed by atoms with Crippen molar-refractivity contribution in [2.45, 2.75) is 5.92 Å². The van der Waals surface area contributed by atoms with Gasteiger partial charge in [-0.3, -0.25) is 0 Å². The lowest BCUT2D eigenvalue weighted by Crippen LogP contribution is -2.26. The number of carboxylic acids is 1. The molecule has 0 spiro atoms. The number of hydrogen-bond acceptors (Lipinski definition) is 3. The van der Waals surface area contributed by atoms with Crippen molar-refractivity contribution in [1.82, 2.24) is 10.2 Å². The van der Waals surface area contributed by atoms with Crippen LogP contribution in [-0.2, 0) is 10.7 Å². The smallest absolute Gasteiger partial charge is 0.379 e.